The van der Waals surface area contributed by atoms with Crippen LogP contribution in [0.2, 0.25) is 0 Å². The highest BCUT2D eigenvalue weighted by atomic mass is 19.4. The van der Waals surface area contributed by atoms with Gasteiger partial charge in [0.2, 0.25) is 0 Å². The Bertz CT molecular complexity index is 273. The summed E-state index contributed by atoms with van der Waals surface area (Å²) in [6.45, 7) is 0. The minimum absolute atomic E-state index is 0.0409. The van der Waals surface area contributed by atoms with Crippen molar-refractivity contribution in [3.8, 4) is 0 Å². The van der Waals surface area contributed by atoms with Crippen molar-refractivity contribution >= 4 is 0 Å². The summed E-state index contributed by atoms with van der Waals surface area (Å²) in [6.07, 6.45) is -8.89. The van der Waals surface area contributed by atoms with Crippen molar-refractivity contribution in [1.29, 1.82) is 0 Å². The number of rotatable bonds is 4. The van der Waals surface area contributed by atoms with Gasteiger partial charge >= 0.3 is 12.4 Å². The predicted molar refractivity (Wildman–Crippen MR) is 52.9 cm³/mol. The van der Waals surface area contributed by atoms with Gasteiger partial charge < -0.3 is 5.32 Å². The first kappa shape index (κ1) is 14.0. The number of piperidine rings is 1. The summed E-state index contributed by atoms with van der Waals surface area (Å²) in [5.74, 6) is -2.57. The first-order chi connectivity index (χ1) is 8.18. The Labute approximate surface area is 101 Å². The summed E-state index contributed by atoms with van der Waals surface area (Å²) >= 11 is 0. The predicted octanol–water partition coefficient (Wildman–Crippen LogP) is 3.65. The molecule has 3 atom stereocenters. The van der Waals surface area contributed by atoms with Gasteiger partial charge in [-0.1, -0.05) is 6.42 Å². The first-order valence-corrected chi connectivity index (χ1v) is 6.07. The van der Waals surface area contributed by atoms with Crippen LogP contribution in [-0.4, -0.2) is 24.4 Å². The Morgan fingerprint density at radius 1 is 1.00 bits per heavy atom. The monoisotopic (exact) mass is 275 g/mol. The lowest BCUT2D eigenvalue weighted by atomic mass is 9.97. The van der Waals surface area contributed by atoms with Gasteiger partial charge in [0.1, 0.15) is 0 Å². The Morgan fingerprint density at radius 3 is 2.06 bits per heavy atom. The highest BCUT2D eigenvalue weighted by molar-refractivity contribution is 5.03. The lowest BCUT2D eigenvalue weighted by Gasteiger charge is -2.23. The molecule has 1 saturated heterocycles. The second kappa shape index (κ2) is 4.58. The Balaban J connectivity index is 1.75. The van der Waals surface area contributed by atoms with Gasteiger partial charge in [0, 0.05) is 12.1 Å². The zero-order valence-electron chi connectivity index (χ0n) is 9.61. The standard InChI is InChI=1S/C11H15F6N/c12-10(13,14)9(11(15,16)17)3-1-2-7-4-6-5-8(6)18-7/h6-9,18H,1-5H2. The molecule has 1 aliphatic carbocycles. The zero-order chi connectivity index (χ0) is 13.6. The van der Waals surface area contributed by atoms with Crippen LogP contribution in [0.3, 0.4) is 0 Å². The molecule has 106 valence electrons. The third kappa shape index (κ3) is 3.30. The number of hydrogen-bond donors (Lipinski definition) is 1. The van der Waals surface area contributed by atoms with Gasteiger partial charge in [0.05, 0.1) is 0 Å². The molecule has 1 saturated carbocycles. The molecule has 0 aromatic carbocycles. The van der Waals surface area contributed by atoms with E-state index in [-0.39, 0.29) is 12.5 Å². The third-order valence-electron chi connectivity index (χ3n) is 3.80. The van der Waals surface area contributed by atoms with E-state index in [4.69, 9.17) is 0 Å². The summed E-state index contributed by atoms with van der Waals surface area (Å²) < 4.78 is 73.5. The number of nitrogens with one attached hydrogen (secondary N) is 1. The van der Waals surface area contributed by atoms with E-state index in [1.54, 1.807) is 0 Å². The van der Waals surface area contributed by atoms with Crippen LogP contribution in [0.4, 0.5) is 26.3 Å². The van der Waals surface area contributed by atoms with Crippen molar-refractivity contribution in [2.24, 2.45) is 11.8 Å². The van der Waals surface area contributed by atoms with E-state index in [0.29, 0.717) is 18.4 Å². The first-order valence-electron chi connectivity index (χ1n) is 6.07. The fourth-order valence-electron chi connectivity index (χ4n) is 2.73. The van der Waals surface area contributed by atoms with Crippen molar-refractivity contribution in [3.05, 3.63) is 0 Å². The summed E-state index contributed by atoms with van der Waals surface area (Å²) in [4.78, 5) is 0. The quantitative estimate of drug-likeness (QED) is 0.772. The van der Waals surface area contributed by atoms with Gasteiger partial charge in [0.25, 0.3) is 0 Å². The minimum atomic E-state index is -5.19. The van der Waals surface area contributed by atoms with Crippen LogP contribution >= 0.6 is 0 Å². The van der Waals surface area contributed by atoms with Crippen LogP contribution in [0.5, 0.6) is 0 Å². The highest BCUT2D eigenvalue weighted by Gasteiger charge is 2.55. The number of fused-ring (bicyclic) bond motifs is 1. The Hall–Kier alpha value is -0.460. The van der Waals surface area contributed by atoms with Gasteiger partial charge in [-0.25, -0.2) is 0 Å². The lowest BCUT2D eigenvalue weighted by Crippen LogP contribution is -2.36. The van der Waals surface area contributed by atoms with Crippen molar-refractivity contribution in [2.45, 2.75) is 56.5 Å². The van der Waals surface area contributed by atoms with E-state index in [9.17, 15) is 26.3 Å². The molecular weight excluding hydrogens is 260 g/mol. The highest BCUT2D eigenvalue weighted by Crippen LogP contribution is 2.44. The van der Waals surface area contributed by atoms with E-state index in [0.717, 1.165) is 12.8 Å². The molecule has 2 aliphatic rings. The van der Waals surface area contributed by atoms with Crippen LogP contribution in [-0.2, 0) is 0 Å². The Morgan fingerprint density at radius 2 is 1.61 bits per heavy atom. The minimum Gasteiger partial charge on any atom is -0.311 e. The second-order valence-corrected chi connectivity index (χ2v) is 5.27. The number of halogens is 6. The van der Waals surface area contributed by atoms with Crippen LogP contribution in [0.1, 0.15) is 32.1 Å². The third-order valence-corrected chi connectivity index (χ3v) is 3.80. The molecular formula is C11H15F6N. The van der Waals surface area contributed by atoms with E-state index < -0.39 is 24.7 Å². The molecule has 2 fully saturated rings. The molecule has 0 aromatic heterocycles. The molecule has 0 spiro atoms. The summed E-state index contributed by atoms with van der Waals surface area (Å²) in [7, 11) is 0. The zero-order valence-corrected chi connectivity index (χ0v) is 9.61. The molecule has 1 N–H and O–H groups in total. The van der Waals surface area contributed by atoms with E-state index >= 15 is 0 Å². The van der Waals surface area contributed by atoms with Crippen LogP contribution in [0, 0.1) is 11.8 Å². The molecule has 7 heteroatoms. The fraction of sp³-hybridized carbons (Fsp3) is 1.00. The van der Waals surface area contributed by atoms with Crippen molar-refractivity contribution in [2.75, 3.05) is 0 Å². The van der Waals surface area contributed by atoms with Gasteiger partial charge in [-0.15, -0.1) is 0 Å². The van der Waals surface area contributed by atoms with Crippen LogP contribution < -0.4 is 5.32 Å². The second-order valence-electron chi connectivity index (χ2n) is 5.27. The maximum absolute atomic E-state index is 12.3. The van der Waals surface area contributed by atoms with Gasteiger partial charge in [-0.2, -0.15) is 26.3 Å². The van der Waals surface area contributed by atoms with Gasteiger partial charge in [0.15, 0.2) is 5.92 Å². The fourth-order valence-corrected chi connectivity index (χ4v) is 2.73. The average Bonchev–Trinajstić information content (AvgIpc) is 2.77. The molecule has 1 nitrogen and oxygen atoms in total. The smallest absolute Gasteiger partial charge is 0.311 e. The maximum atomic E-state index is 12.3. The van der Waals surface area contributed by atoms with E-state index in [2.05, 4.69) is 5.32 Å². The van der Waals surface area contributed by atoms with Crippen molar-refractivity contribution in [1.82, 2.24) is 5.32 Å². The largest absolute Gasteiger partial charge is 0.400 e. The molecule has 0 amide bonds. The molecule has 0 aromatic rings. The lowest BCUT2D eigenvalue weighted by molar-refractivity contribution is -0.285. The molecule has 2 rings (SSSR count). The van der Waals surface area contributed by atoms with Crippen LogP contribution in [0.25, 0.3) is 0 Å². The molecule has 1 aliphatic heterocycles. The van der Waals surface area contributed by atoms with E-state index in [1.807, 2.05) is 0 Å². The van der Waals surface area contributed by atoms with Gasteiger partial charge in [-0.05, 0) is 31.6 Å². The number of alkyl halides is 6. The molecule has 0 bridgehead atoms. The van der Waals surface area contributed by atoms with Crippen molar-refractivity contribution in [3.63, 3.8) is 0 Å². The van der Waals surface area contributed by atoms with Crippen LogP contribution in [0.15, 0.2) is 0 Å². The number of hydrogen-bond acceptors (Lipinski definition) is 1. The summed E-state index contributed by atoms with van der Waals surface area (Å²) in [5, 5.41) is 3.22. The summed E-state index contributed by atoms with van der Waals surface area (Å²) in [5.41, 5.74) is 0. The molecule has 18 heavy (non-hydrogen) atoms. The maximum Gasteiger partial charge on any atom is 0.400 e. The van der Waals surface area contributed by atoms with Crippen molar-refractivity contribution < 1.29 is 26.3 Å². The van der Waals surface area contributed by atoms with E-state index in [1.165, 1.54) is 0 Å². The van der Waals surface area contributed by atoms with Gasteiger partial charge in [-0.3, -0.25) is 0 Å². The molecule has 3 unspecified atom stereocenters. The SMILES string of the molecule is FC(F)(F)C(CCCC1CC2CC2N1)C(F)(F)F. The summed E-state index contributed by atoms with van der Waals surface area (Å²) in [6, 6.07) is 0.576. The molecule has 0 radical (unpaired) electrons. The molecule has 1 heterocycles. The Kier molecular flexibility index (Phi) is 3.55. The topological polar surface area (TPSA) is 12.0 Å². The normalized spacial score (nSPS) is 31.8. The average molecular weight is 275 g/mol.